The number of nitro benzene ring substituents is 1. The van der Waals surface area contributed by atoms with Crippen molar-refractivity contribution in [2.45, 2.75) is 24.7 Å². The predicted molar refractivity (Wildman–Crippen MR) is 111 cm³/mol. The minimum atomic E-state index is -3.64. The molecule has 0 spiro atoms. The lowest BCUT2D eigenvalue weighted by atomic mass is 10.1. The van der Waals surface area contributed by atoms with Gasteiger partial charge in [0.15, 0.2) is 6.61 Å². The zero-order valence-corrected chi connectivity index (χ0v) is 17.6. The van der Waals surface area contributed by atoms with Crippen LogP contribution in [0.4, 0.5) is 11.4 Å². The number of rotatable bonds is 7. The van der Waals surface area contributed by atoms with Gasteiger partial charge < -0.3 is 10.1 Å². The van der Waals surface area contributed by atoms with E-state index in [4.69, 9.17) is 4.74 Å². The summed E-state index contributed by atoms with van der Waals surface area (Å²) in [5, 5.41) is 13.6. The summed E-state index contributed by atoms with van der Waals surface area (Å²) in [7, 11) is -3.64. The number of hydrogen-bond donors (Lipinski definition) is 1. The Morgan fingerprint density at radius 1 is 1.16 bits per heavy atom. The standard InChI is InChI=1S/C20H21N3O7S/c1-14-6-4-9-17(23(26)27)19(14)20(25)30-13-18(24)21-15-7-5-8-16(12-15)31(28,29)22-10-2-3-11-22/h4-9,12H,2-3,10-11,13H2,1H3,(H,21,24). The number of sulfonamides is 1. The van der Waals surface area contributed by atoms with Crippen molar-refractivity contribution in [3.05, 3.63) is 63.7 Å². The van der Waals surface area contributed by atoms with Crippen molar-refractivity contribution in [3.63, 3.8) is 0 Å². The average molecular weight is 447 g/mol. The zero-order valence-electron chi connectivity index (χ0n) is 16.7. The minimum Gasteiger partial charge on any atom is -0.452 e. The first-order valence-corrected chi connectivity index (χ1v) is 11.0. The molecule has 1 N–H and O–H groups in total. The Morgan fingerprint density at radius 2 is 1.84 bits per heavy atom. The normalized spacial score (nSPS) is 14.2. The molecule has 1 aliphatic heterocycles. The van der Waals surface area contributed by atoms with E-state index in [0.717, 1.165) is 12.8 Å². The topological polar surface area (TPSA) is 136 Å². The van der Waals surface area contributed by atoms with Crippen molar-refractivity contribution in [3.8, 4) is 0 Å². The first-order chi connectivity index (χ1) is 14.7. The molecule has 2 aromatic rings. The summed E-state index contributed by atoms with van der Waals surface area (Å²) in [4.78, 5) is 35.0. The molecule has 1 heterocycles. The van der Waals surface area contributed by atoms with Crippen LogP contribution in [0, 0.1) is 17.0 Å². The lowest BCUT2D eigenvalue weighted by Gasteiger charge is -2.16. The number of carbonyl (C=O) groups excluding carboxylic acids is 2. The summed E-state index contributed by atoms with van der Waals surface area (Å²) in [6.07, 6.45) is 1.61. The SMILES string of the molecule is Cc1cccc([N+](=O)[O-])c1C(=O)OCC(=O)Nc1cccc(S(=O)(=O)N2CCCC2)c1. The van der Waals surface area contributed by atoms with Gasteiger partial charge in [0.2, 0.25) is 10.0 Å². The van der Waals surface area contributed by atoms with Crippen molar-refractivity contribution in [2.75, 3.05) is 25.0 Å². The predicted octanol–water partition coefficient (Wildman–Crippen LogP) is 2.48. The number of nitrogens with one attached hydrogen (secondary N) is 1. The first-order valence-electron chi connectivity index (χ1n) is 9.51. The molecule has 1 amide bonds. The van der Waals surface area contributed by atoms with E-state index in [-0.39, 0.29) is 16.1 Å². The molecule has 0 bridgehead atoms. The number of amides is 1. The summed E-state index contributed by atoms with van der Waals surface area (Å²) in [5.74, 6) is -1.70. The van der Waals surface area contributed by atoms with Crippen LogP contribution in [0.3, 0.4) is 0 Å². The number of carbonyl (C=O) groups is 2. The van der Waals surface area contributed by atoms with Gasteiger partial charge in [0, 0.05) is 24.8 Å². The summed E-state index contributed by atoms with van der Waals surface area (Å²) < 4.78 is 31.6. The lowest BCUT2D eigenvalue weighted by molar-refractivity contribution is -0.385. The van der Waals surface area contributed by atoms with Gasteiger partial charge in [0.05, 0.1) is 9.82 Å². The molecule has 0 unspecified atom stereocenters. The molecule has 2 aromatic carbocycles. The Morgan fingerprint density at radius 3 is 2.52 bits per heavy atom. The molecule has 1 aliphatic rings. The number of hydrogen-bond acceptors (Lipinski definition) is 7. The molecule has 0 aliphatic carbocycles. The van der Waals surface area contributed by atoms with E-state index in [9.17, 15) is 28.1 Å². The van der Waals surface area contributed by atoms with E-state index in [1.54, 1.807) is 0 Å². The number of benzene rings is 2. The van der Waals surface area contributed by atoms with Gasteiger partial charge in [-0.1, -0.05) is 18.2 Å². The molecular weight excluding hydrogens is 426 g/mol. The van der Waals surface area contributed by atoms with Crippen LogP contribution >= 0.6 is 0 Å². The van der Waals surface area contributed by atoms with Gasteiger partial charge in [-0.15, -0.1) is 0 Å². The fourth-order valence-corrected chi connectivity index (χ4v) is 4.85. The highest BCUT2D eigenvalue weighted by molar-refractivity contribution is 7.89. The maximum absolute atomic E-state index is 12.7. The summed E-state index contributed by atoms with van der Waals surface area (Å²) in [5.41, 5.74) is -0.0631. The highest BCUT2D eigenvalue weighted by Crippen LogP contribution is 2.24. The molecule has 11 heteroatoms. The van der Waals surface area contributed by atoms with Crippen LogP contribution in [0.25, 0.3) is 0 Å². The number of nitrogens with zero attached hydrogens (tertiary/aromatic N) is 2. The van der Waals surface area contributed by atoms with Crippen molar-refractivity contribution >= 4 is 33.3 Å². The minimum absolute atomic E-state index is 0.0553. The Hall–Kier alpha value is -3.31. The van der Waals surface area contributed by atoms with Gasteiger partial charge in [0.1, 0.15) is 5.56 Å². The second-order valence-corrected chi connectivity index (χ2v) is 8.93. The number of aryl methyl sites for hydroxylation is 1. The number of esters is 1. The quantitative estimate of drug-likeness (QED) is 0.391. The van der Waals surface area contributed by atoms with E-state index < -0.39 is 39.1 Å². The Labute approximate surface area is 179 Å². The maximum atomic E-state index is 12.7. The largest absolute Gasteiger partial charge is 0.452 e. The molecule has 1 fully saturated rings. The second kappa shape index (κ2) is 9.23. The highest BCUT2D eigenvalue weighted by Gasteiger charge is 2.27. The molecule has 1 saturated heterocycles. The average Bonchev–Trinajstić information content (AvgIpc) is 3.28. The third-order valence-corrected chi connectivity index (χ3v) is 6.70. The highest BCUT2D eigenvalue weighted by atomic mass is 32.2. The monoisotopic (exact) mass is 447 g/mol. The molecular formula is C20H21N3O7S. The molecule has 0 atom stereocenters. The van der Waals surface area contributed by atoms with E-state index >= 15 is 0 Å². The third-order valence-electron chi connectivity index (χ3n) is 4.81. The zero-order chi connectivity index (χ0) is 22.6. The Kier molecular flexibility index (Phi) is 6.66. The van der Waals surface area contributed by atoms with Gasteiger partial charge in [0.25, 0.3) is 11.6 Å². The van der Waals surface area contributed by atoms with Crippen LogP contribution in [0.5, 0.6) is 0 Å². The molecule has 10 nitrogen and oxygen atoms in total. The number of nitro groups is 1. The van der Waals surface area contributed by atoms with E-state index in [1.807, 2.05) is 0 Å². The van der Waals surface area contributed by atoms with Gasteiger partial charge in [-0.05, 0) is 43.5 Å². The van der Waals surface area contributed by atoms with E-state index in [2.05, 4.69) is 5.32 Å². The summed E-state index contributed by atoms with van der Waals surface area (Å²) >= 11 is 0. The second-order valence-electron chi connectivity index (χ2n) is 6.99. The van der Waals surface area contributed by atoms with Crippen LogP contribution in [0.1, 0.15) is 28.8 Å². The van der Waals surface area contributed by atoms with Gasteiger partial charge in [-0.25, -0.2) is 13.2 Å². The third kappa shape index (κ3) is 5.06. The summed E-state index contributed by atoms with van der Waals surface area (Å²) in [6.45, 7) is 1.75. The smallest absolute Gasteiger partial charge is 0.345 e. The number of ether oxygens (including phenoxy) is 1. The van der Waals surface area contributed by atoms with Crippen LogP contribution in [0.15, 0.2) is 47.4 Å². The van der Waals surface area contributed by atoms with Crippen LogP contribution < -0.4 is 5.32 Å². The van der Waals surface area contributed by atoms with Crippen LogP contribution in [-0.4, -0.2) is 49.2 Å². The molecule has 31 heavy (non-hydrogen) atoms. The maximum Gasteiger partial charge on any atom is 0.345 e. The Bertz CT molecular complexity index is 1130. The van der Waals surface area contributed by atoms with E-state index in [0.29, 0.717) is 18.7 Å². The first kappa shape index (κ1) is 22.4. The van der Waals surface area contributed by atoms with Gasteiger partial charge >= 0.3 is 5.97 Å². The van der Waals surface area contributed by atoms with Crippen molar-refractivity contribution < 1.29 is 27.7 Å². The van der Waals surface area contributed by atoms with Crippen molar-refractivity contribution in [2.24, 2.45) is 0 Å². The van der Waals surface area contributed by atoms with E-state index in [1.165, 1.54) is 53.7 Å². The Balaban J connectivity index is 1.66. The van der Waals surface area contributed by atoms with Crippen LogP contribution in [0.2, 0.25) is 0 Å². The van der Waals surface area contributed by atoms with Gasteiger partial charge in [-0.3, -0.25) is 14.9 Å². The van der Waals surface area contributed by atoms with Crippen molar-refractivity contribution in [1.29, 1.82) is 0 Å². The van der Waals surface area contributed by atoms with Gasteiger partial charge in [-0.2, -0.15) is 4.31 Å². The fraction of sp³-hybridized carbons (Fsp3) is 0.300. The molecule has 3 rings (SSSR count). The molecule has 0 saturated carbocycles. The lowest BCUT2D eigenvalue weighted by Crippen LogP contribution is -2.28. The fourth-order valence-electron chi connectivity index (χ4n) is 3.28. The molecule has 164 valence electrons. The number of anilines is 1. The van der Waals surface area contributed by atoms with Crippen molar-refractivity contribution in [1.82, 2.24) is 4.31 Å². The van der Waals surface area contributed by atoms with Crippen LogP contribution in [-0.2, 0) is 19.6 Å². The molecule has 0 radical (unpaired) electrons. The molecule has 0 aromatic heterocycles. The summed E-state index contributed by atoms with van der Waals surface area (Å²) in [6, 6.07) is 9.93.